The second-order valence-electron chi connectivity index (χ2n) is 4.33. The van der Waals surface area contributed by atoms with E-state index in [9.17, 15) is 4.79 Å². The zero-order valence-corrected chi connectivity index (χ0v) is 11.0. The number of hydrogen-bond donors (Lipinski definition) is 1. The van der Waals surface area contributed by atoms with Crippen molar-refractivity contribution >= 4 is 33.7 Å². The van der Waals surface area contributed by atoms with Gasteiger partial charge < -0.3 is 10.5 Å². The summed E-state index contributed by atoms with van der Waals surface area (Å²) in [6.07, 6.45) is 0. The minimum Gasteiger partial charge on any atom is -0.462 e. The summed E-state index contributed by atoms with van der Waals surface area (Å²) in [6.45, 7) is 2.09. The molecule has 100 valence electrons. The van der Waals surface area contributed by atoms with E-state index in [4.69, 9.17) is 10.5 Å². The van der Waals surface area contributed by atoms with Crippen LogP contribution >= 0.6 is 0 Å². The van der Waals surface area contributed by atoms with Gasteiger partial charge in [-0.3, -0.25) is 0 Å². The lowest BCUT2D eigenvalue weighted by molar-refractivity contribution is 0.0528. The minimum atomic E-state index is -0.393. The molecular formula is C15H13N3O2. The number of rotatable bonds is 2. The van der Waals surface area contributed by atoms with E-state index in [2.05, 4.69) is 9.97 Å². The van der Waals surface area contributed by atoms with Gasteiger partial charge in [-0.1, -0.05) is 12.1 Å². The maximum atomic E-state index is 11.9. The van der Waals surface area contributed by atoms with Crippen molar-refractivity contribution in [3.63, 3.8) is 0 Å². The van der Waals surface area contributed by atoms with E-state index in [-0.39, 0.29) is 0 Å². The molecule has 0 aliphatic rings. The Labute approximate surface area is 115 Å². The number of fused-ring (bicyclic) bond motifs is 2. The summed E-state index contributed by atoms with van der Waals surface area (Å²) in [6, 6.07) is 10.7. The number of benzene rings is 2. The van der Waals surface area contributed by atoms with Gasteiger partial charge in [0.25, 0.3) is 0 Å². The van der Waals surface area contributed by atoms with Gasteiger partial charge in [-0.2, -0.15) is 0 Å². The third-order valence-corrected chi connectivity index (χ3v) is 3.02. The Bertz CT molecular complexity index is 815. The number of nitrogen functional groups attached to an aromatic ring is 1. The highest BCUT2D eigenvalue weighted by Crippen LogP contribution is 2.23. The fraction of sp³-hybridized carbons (Fsp3) is 0.133. The molecule has 0 unspecified atom stereocenters. The molecule has 2 N–H and O–H groups in total. The number of carbonyl (C=O) groups excluding carboxylic acids is 1. The minimum absolute atomic E-state index is 0.323. The Morgan fingerprint density at radius 1 is 1.10 bits per heavy atom. The van der Waals surface area contributed by atoms with Crippen LogP contribution in [0.25, 0.3) is 22.1 Å². The Kier molecular flexibility index (Phi) is 2.95. The normalized spacial score (nSPS) is 10.8. The van der Waals surface area contributed by atoms with E-state index >= 15 is 0 Å². The molecule has 0 bridgehead atoms. The van der Waals surface area contributed by atoms with E-state index in [0.29, 0.717) is 39.9 Å². The number of hydrogen-bond acceptors (Lipinski definition) is 5. The number of esters is 1. The monoisotopic (exact) mass is 267 g/mol. The van der Waals surface area contributed by atoms with Gasteiger partial charge >= 0.3 is 5.97 Å². The number of carbonyl (C=O) groups is 1. The summed E-state index contributed by atoms with van der Waals surface area (Å²) < 4.78 is 5.04. The lowest BCUT2D eigenvalue weighted by Gasteiger charge is -2.07. The fourth-order valence-corrected chi connectivity index (χ4v) is 2.11. The molecule has 0 atom stereocenters. The van der Waals surface area contributed by atoms with Gasteiger partial charge in [0.1, 0.15) is 11.0 Å². The smallest absolute Gasteiger partial charge is 0.340 e. The molecule has 0 fully saturated rings. The quantitative estimate of drug-likeness (QED) is 0.438. The molecule has 0 aliphatic carbocycles. The first-order valence-corrected chi connectivity index (χ1v) is 6.33. The van der Waals surface area contributed by atoms with E-state index in [1.807, 2.05) is 12.1 Å². The van der Waals surface area contributed by atoms with Gasteiger partial charge in [0.2, 0.25) is 0 Å². The van der Waals surface area contributed by atoms with Gasteiger partial charge in [0.05, 0.1) is 28.9 Å². The van der Waals surface area contributed by atoms with Gasteiger partial charge in [0, 0.05) is 0 Å². The molecule has 5 nitrogen and oxygen atoms in total. The van der Waals surface area contributed by atoms with Crippen molar-refractivity contribution in [3.8, 4) is 0 Å². The maximum absolute atomic E-state index is 11.9. The second kappa shape index (κ2) is 4.77. The van der Waals surface area contributed by atoms with Gasteiger partial charge in [-0.05, 0) is 31.2 Å². The topological polar surface area (TPSA) is 78.1 Å². The highest BCUT2D eigenvalue weighted by molar-refractivity contribution is 6.04. The Balaban J connectivity index is 2.31. The molecule has 5 heteroatoms. The molecule has 2 aromatic carbocycles. The Hall–Kier alpha value is -2.69. The predicted molar refractivity (Wildman–Crippen MR) is 77.4 cm³/mol. The molecule has 0 saturated heterocycles. The molecular weight excluding hydrogens is 254 g/mol. The number of nitrogens with two attached hydrogens (primary N) is 1. The van der Waals surface area contributed by atoms with Crippen molar-refractivity contribution in [1.82, 2.24) is 9.97 Å². The van der Waals surface area contributed by atoms with Crippen molar-refractivity contribution in [1.29, 1.82) is 0 Å². The fourth-order valence-electron chi connectivity index (χ4n) is 2.11. The van der Waals surface area contributed by atoms with Crippen LogP contribution in [0, 0.1) is 0 Å². The lowest BCUT2D eigenvalue weighted by Crippen LogP contribution is -2.06. The van der Waals surface area contributed by atoms with E-state index < -0.39 is 5.97 Å². The summed E-state index contributed by atoms with van der Waals surface area (Å²) in [5, 5.41) is 0. The molecule has 3 rings (SSSR count). The molecule has 3 aromatic rings. The van der Waals surface area contributed by atoms with Crippen LogP contribution in [0.2, 0.25) is 0 Å². The standard InChI is InChI=1S/C15H13N3O2/c1-2-20-15(19)9-5-3-7-11-13(9)17-12-8-4-6-10(16)14(12)18-11/h3-8H,2,16H2,1H3. The summed E-state index contributed by atoms with van der Waals surface area (Å²) >= 11 is 0. The number of anilines is 1. The van der Waals surface area contributed by atoms with E-state index in [0.717, 1.165) is 0 Å². The Morgan fingerprint density at radius 3 is 2.50 bits per heavy atom. The summed E-state index contributed by atoms with van der Waals surface area (Å²) in [5.74, 6) is -0.393. The highest BCUT2D eigenvalue weighted by Gasteiger charge is 2.14. The second-order valence-corrected chi connectivity index (χ2v) is 4.33. The first-order chi connectivity index (χ1) is 9.70. The molecule has 20 heavy (non-hydrogen) atoms. The largest absolute Gasteiger partial charge is 0.462 e. The molecule has 0 saturated carbocycles. The first-order valence-electron chi connectivity index (χ1n) is 6.33. The maximum Gasteiger partial charge on any atom is 0.340 e. The van der Waals surface area contributed by atoms with Crippen LogP contribution in [0.15, 0.2) is 36.4 Å². The van der Waals surface area contributed by atoms with Gasteiger partial charge in [-0.15, -0.1) is 0 Å². The van der Waals surface area contributed by atoms with Crippen LogP contribution in [0.1, 0.15) is 17.3 Å². The molecule has 0 spiro atoms. The SMILES string of the molecule is CCOC(=O)c1cccc2nc3c(N)cccc3nc12. The zero-order valence-electron chi connectivity index (χ0n) is 11.0. The molecule has 1 heterocycles. The van der Waals surface area contributed by atoms with Gasteiger partial charge in [-0.25, -0.2) is 14.8 Å². The number of nitrogens with zero attached hydrogens (tertiary/aromatic N) is 2. The lowest BCUT2D eigenvalue weighted by atomic mass is 10.1. The average Bonchev–Trinajstić information content (AvgIpc) is 2.45. The van der Waals surface area contributed by atoms with Gasteiger partial charge in [0.15, 0.2) is 0 Å². The molecule has 1 aromatic heterocycles. The summed E-state index contributed by atoms with van der Waals surface area (Å²) in [4.78, 5) is 20.9. The molecule has 0 amide bonds. The summed E-state index contributed by atoms with van der Waals surface area (Å²) in [5.41, 5.74) is 9.34. The van der Waals surface area contributed by atoms with Crippen molar-refractivity contribution in [3.05, 3.63) is 42.0 Å². The number of aromatic nitrogens is 2. The van der Waals surface area contributed by atoms with Crippen molar-refractivity contribution in [2.24, 2.45) is 0 Å². The van der Waals surface area contributed by atoms with Crippen LogP contribution in [0.3, 0.4) is 0 Å². The summed E-state index contributed by atoms with van der Waals surface area (Å²) in [7, 11) is 0. The van der Waals surface area contributed by atoms with Crippen molar-refractivity contribution < 1.29 is 9.53 Å². The van der Waals surface area contributed by atoms with E-state index in [1.54, 1.807) is 31.2 Å². The molecule has 0 aliphatic heterocycles. The first kappa shape index (κ1) is 12.3. The zero-order chi connectivity index (χ0) is 14.1. The Morgan fingerprint density at radius 2 is 1.75 bits per heavy atom. The predicted octanol–water partition coefficient (Wildman–Crippen LogP) is 2.54. The van der Waals surface area contributed by atoms with Crippen LogP contribution in [-0.4, -0.2) is 22.5 Å². The third kappa shape index (κ3) is 1.93. The molecule has 0 radical (unpaired) electrons. The van der Waals surface area contributed by atoms with E-state index in [1.165, 1.54) is 0 Å². The highest BCUT2D eigenvalue weighted by atomic mass is 16.5. The third-order valence-electron chi connectivity index (χ3n) is 3.02. The number of ether oxygens (including phenoxy) is 1. The van der Waals surface area contributed by atoms with Crippen LogP contribution < -0.4 is 5.73 Å². The average molecular weight is 267 g/mol. The van der Waals surface area contributed by atoms with Crippen molar-refractivity contribution in [2.75, 3.05) is 12.3 Å². The van der Waals surface area contributed by atoms with Crippen LogP contribution in [0.4, 0.5) is 5.69 Å². The van der Waals surface area contributed by atoms with Crippen LogP contribution in [0.5, 0.6) is 0 Å². The van der Waals surface area contributed by atoms with Crippen LogP contribution in [-0.2, 0) is 4.74 Å². The number of para-hydroxylation sites is 2. The van der Waals surface area contributed by atoms with Crippen molar-refractivity contribution in [2.45, 2.75) is 6.92 Å².